The second kappa shape index (κ2) is 7.49. The zero-order valence-electron chi connectivity index (χ0n) is 15.2. The summed E-state index contributed by atoms with van der Waals surface area (Å²) in [7, 11) is 1.71. The molecule has 11 heteroatoms. The highest BCUT2D eigenvalue weighted by molar-refractivity contribution is 6.30. The molecule has 0 aliphatic heterocycles. The maximum atomic E-state index is 12.9. The van der Waals surface area contributed by atoms with Crippen LogP contribution >= 0.6 is 11.6 Å². The van der Waals surface area contributed by atoms with Crippen molar-refractivity contribution in [2.75, 3.05) is 0 Å². The van der Waals surface area contributed by atoms with Crippen molar-refractivity contribution in [1.82, 2.24) is 20.1 Å². The molecule has 0 atom stereocenters. The second-order valence-electron chi connectivity index (χ2n) is 6.54. The topological polar surface area (TPSA) is 42.7 Å². The van der Waals surface area contributed by atoms with Crippen LogP contribution in [-0.4, -0.2) is 14.8 Å². The molecule has 2 aromatic heterocycles. The third-order valence-corrected chi connectivity index (χ3v) is 4.64. The highest BCUT2D eigenvalue weighted by Crippen LogP contribution is 2.36. The van der Waals surface area contributed by atoms with Gasteiger partial charge in [0.15, 0.2) is 5.65 Å². The largest absolute Gasteiger partial charge is 0.416 e. The summed E-state index contributed by atoms with van der Waals surface area (Å²) in [5.41, 5.74) is -0.995. The van der Waals surface area contributed by atoms with Gasteiger partial charge in [0.05, 0.1) is 16.8 Å². The molecule has 0 unspecified atom stereocenters. The maximum Gasteiger partial charge on any atom is 0.416 e. The smallest absolute Gasteiger partial charge is 0.309 e. The quantitative estimate of drug-likeness (QED) is 0.448. The number of rotatable bonds is 4. The molecular formula is C18H15ClF6N4. The molecule has 156 valence electrons. The van der Waals surface area contributed by atoms with E-state index in [0.29, 0.717) is 23.3 Å². The van der Waals surface area contributed by atoms with Crippen molar-refractivity contribution in [1.29, 1.82) is 0 Å². The minimum Gasteiger partial charge on any atom is -0.309 e. The number of hydrogen-bond donors (Lipinski definition) is 1. The lowest BCUT2D eigenvalue weighted by Crippen LogP contribution is -2.16. The number of nitrogens with zero attached hydrogens (tertiary/aromatic N) is 3. The van der Waals surface area contributed by atoms with Crippen LogP contribution in [-0.2, 0) is 32.5 Å². The normalized spacial score (nSPS) is 12.7. The first-order valence-corrected chi connectivity index (χ1v) is 8.72. The van der Waals surface area contributed by atoms with E-state index in [1.807, 2.05) is 0 Å². The van der Waals surface area contributed by atoms with Crippen LogP contribution in [0.1, 0.15) is 27.9 Å². The van der Waals surface area contributed by atoms with E-state index in [9.17, 15) is 26.3 Å². The molecule has 0 aliphatic rings. The molecule has 0 aliphatic carbocycles. The van der Waals surface area contributed by atoms with Gasteiger partial charge in [-0.15, -0.1) is 0 Å². The molecule has 1 aromatic carbocycles. The molecule has 0 saturated heterocycles. The fraction of sp³-hybridized carbons (Fsp3) is 0.333. The lowest BCUT2D eigenvalue weighted by molar-refractivity contribution is -0.143. The van der Waals surface area contributed by atoms with Crippen molar-refractivity contribution in [2.24, 2.45) is 7.05 Å². The number of benzene rings is 1. The lowest BCUT2D eigenvalue weighted by atomic mass is 10.0. The van der Waals surface area contributed by atoms with Crippen LogP contribution in [0.4, 0.5) is 26.3 Å². The van der Waals surface area contributed by atoms with E-state index in [2.05, 4.69) is 15.4 Å². The van der Waals surface area contributed by atoms with Crippen molar-refractivity contribution < 1.29 is 26.3 Å². The molecule has 0 radical (unpaired) electrons. The molecule has 0 amide bonds. The van der Waals surface area contributed by atoms with Crippen LogP contribution < -0.4 is 5.32 Å². The van der Waals surface area contributed by atoms with E-state index in [1.54, 1.807) is 24.7 Å². The Kier molecular flexibility index (Phi) is 5.52. The first-order chi connectivity index (χ1) is 13.4. The molecule has 3 aromatic rings. The summed E-state index contributed by atoms with van der Waals surface area (Å²) in [5, 5.41) is 7.98. The van der Waals surface area contributed by atoms with Crippen LogP contribution in [0.2, 0.25) is 5.15 Å². The summed E-state index contributed by atoms with van der Waals surface area (Å²) in [6.45, 7) is 1.68. The minimum absolute atomic E-state index is 0.101. The summed E-state index contributed by atoms with van der Waals surface area (Å²) in [5.74, 6) is 0. The average Bonchev–Trinajstić information content (AvgIpc) is 2.87. The Morgan fingerprint density at radius 1 is 0.966 bits per heavy atom. The molecule has 0 saturated carbocycles. The first-order valence-electron chi connectivity index (χ1n) is 8.34. The van der Waals surface area contributed by atoms with Gasteiger partial charge < -0.3 is 5.32 Å². The minimum atomic E-state index is -4.88. The number of fused-ring (bicyclic) bond motifs is 1. The van der Waals surface area contributed by atoms with Gasteiger partial charge >= 0.3 is 12.4 Å². The molecule has 4 nitrogen and oxygen atoms in total. The molecule has 3 rings (SSSR count). The lowest BCUT2D eigenvalue weighted by Gasteiger charge is -2.15. The van der Waals surface area contributed by atoms with Gasteiger partial charge in [-0.1, -0.05) is 11.6 Å². The van der Waals surface area contributed by atoms with Crippen LogP contribution in [0.25, 0.3) is 11.0 Å². The van der Waals surface area contributed by atoms with Crippen LogP contribution in [0.3, 0.4) is 0 Å². The van der Waals surface area contributed by atoms with Crippen molar-refractivity contribution in [3.05, 3.63) is 57.4 Å². The SMILES string of the molecule is Cc1nn(C)c2nc(Cl)c(CNCc3cc(C(F)(F)F)cc(C(F)(F)F)c3)cc12. The number of aromatic nitrogens is 3. The Bertz CT molecular complexity index is 1020. The first kappa shape index (κ1) is 21.4. The van der Waals surface area contributed by atoms with Crippen molar-refractivity contribution in [3.63, 3.8) is 0 Å². The highest BCUT2D eigenvalue weighted by atomic mass is 35.5. The van der Waals surface area contributed by atoms with E-state index in [0.717, 1.165) is 11.1 Å². The molecule has 0 fully saturated rings. The summed E-state index contributed by atoms with van der Waals surface area (Å²) < 4.78 is 79.2. The van der Waals surface area contributed by atoms with E-state index in [1.165, 1.54) is 0 Å². The van der Waals surface area contributed by atoms with Crippen LogP contribution in [0, 0.1) is 6.92 Å². The predicted molar refractivity (Wildman–Crippen MR) is 95.2 cm³/mol. The fourth-order valence-corrected chi connectivity index (χ4v) is 3.15. The van der Waals surface area contributed by atoms with E-state index in [4.69, 9.17) is 11.6 Å². The zero-order chi connectivity index (χ0) is 21.6. The number of aryl methyl sites for hydroxylation is 2. The molecular weight excluding hydrogens is 422 g/mol. The van der Waals surface area contributed by atoms with Gasteiger partial charge in [0.2, 0.25) is 0 Å². The van der Waals surface area contributed by atoms with Gasteiger partial charge in [-0.3, -0.25) is 4.68 Å². The summed E-state index contributed by atoms with van der Waals surface area (Å²) in [4.78, 5) is 4.24. The standard InChI is InChI=1S/C18H15ClF6N4/c1-9-14-5-11(15(19)27-16(14)29(2)28-9)8-26-7-10-3-12(17(20,21)22)6-13(4-10)18(23,24)25/h3-6,26H,7-8H2,1-2H3. The number of hydrogen-bond acceptors (Lipinski definition) is 3. The Balaban J connectivity index is 1.82. The maximum absolute atomic E-state index is 12.9. The van der Waals surface area contributed by atoms with Crippen molar-refractivity contribution in [2.45, 2.75) is 32.4 Å². The number of halogens is 7. The summed E-state index contributed by atoms with van der Waals surface area (Å²) in [6, 6.07) is 3.23. The van der Waals surface area contributed by atoms with E-state index >= 15 is 0 Å². The van der Waals surface area contributed by atoms with Gasteiger partial charge in [0, 0.05) is 31.1 Å². The average molecular weight is 437 g/mol. The molecule has 2 heterocycles. The Morgan fingerprint density at radius 3 is 2.10 bits per heavy atom. The van der Waals surface area contributed by atoms with Gasteiger partial charge in [0.25, 0.3) is 0 Å². The van der Waals surface area contributed by atoms with Crippen molar-refractivity contribution >= 4 is 22.6 Å². The summed E-state index contributed by atoms with van der Waals surface area (Å²) in [6.07, 6.45) is -9.77. The van der Waals surface area contributed by atoms with Gasteiger partial charge in [-0.05, 0) is 36.8 Å². The number of nitrogens with one attached hydrogen (secondary N) is 1. The molecule has 1 N–H and O–H groups in total. The van der Waals surface area contributed by atoms with Crippen LogP contribution in [0.5, 0.6) is 0 Å². The monoisotopic (exact) mass is 436 g/mol. The third-order valence-electron chi connectivity index (χ3n) is 4.32. The van der Waals surface area contributed by atoms with Gasteiger partial charge in [-0.25, -0.2) is 4.98 Å². The fourth-order valence-electron chi connectivity index (χ4n) is 2.95. The van der Waals surface area contributed by atoms with Crippen molar-refractivity contribution in [3.8, 4) is 0 Å². The number of alkyl halides is 6. The van der Waals surface area contributed by atoms with Gasteiger partial charge in [0.1, 0.15) is 5.15 Å². The Morgan fingerprint density at radius 2 is 1.55 bits per heavy atom. The predicted octanol–water partition coefficient (Wildman–Crippen LogP) is 5.26. The zero-order valence-corrected chi connectivity index (χ0v) is 16.0. The van der Waals surface area contributed by atoms with Crippen LogP contribution in [0.15, 0.2) is 24.3 Å². The third kappa shape index (κ3) is 4.64. The van der Waals surface area contributed by atoms with E-state index < -0.39 is 23.5 Å². The second-order valence-corrected chi connectivity index (χ2v) is 6.89. The van der Waals surface area contributed by atoms with E-state index in [-0.39, 0.29) is 29.9 Å². The summed E-state index contributed by atoms with van der Waals surface area (Å²) >= 11 is 6.15. The van der Waals surface area contributed by atoms with Gasteiger partial charge in [-0.2, -0.15) is 31.4 Å². The highest BCUT2D eigenvalue weighted by Gasteiger charge is 2.36. The Labute approximate surface area is 166 Å². The molecule has 0 bridgehead atoms. The Hall–Kier alpha value is -2.33. The molecule has 0 spiro atoms. The molecule has 29 heavy (non-hydrogen) atoms. The number of pyridine rings is 1.